The predicted octanol–water partition coefficient (Wildman–Crippen LogP) is 5.19. The van der Waals surface area contributed by atoms with Crippen LogP contribution in [0.1, 0.15) is 64.7 Å². The number of aliphatic hydroxyl groups excluding tert-OH is 1. The minimum Gasteiger partial charge on any atom is -0.478 e. The fraction of sp³-hybridized carbons (Fsp3) is 0.550. The maximum atomic E-state index is 10.2. The molecule has 3 heteroatoms. The molecular formula is C20H32O3. The van der Waals surface area contributed by atoms with E-state index in [0.29, 0.717) is 0 Å². The SMILES string of the molecule is CCCCCCCC[C@H](O)CCC=CC=CC=CC=CC(=O)O. The zero-order valence-electron chi connectivity index (χ0n) is 14.4. The first-order valence-electron chi connectivity index (χ1n) is 8.74. The molecule has 2 N–H and O–H groups in total. The molecule has 0 aromatic rings. The van der Waals surface area contributed by atoms with Gasteiger partial charge in [-0.25, -0.2) is 4.79 Å². The van der Waals surface area contributed by atoms with Crippen molar-refractivity contribution in [2.45, 2.75) is 70.8 Å². The molecule has 0 spiro atoms. The largest absolute Gasteiger partial charge is 0.478 e. The van der Waals surface area contributed by atoms with E-state index in [-0.39, 0.29) is 6.10 Å². The van der Waals surface area contributed by atoms with E-state index in [4.69, 9.17) is 5.11 Å². The van der Waals surface area contributed by atoms with Crippen LogP contribution < -0.4 is 0 Å². The molecule has 3 nitrogen and oxygen atoms in total. The maximum absolute atomic E-state index is 10.2. The first kappa shape index (κ1) is 21.4. The Morgan fingerprint density at radius 1 is 0.870 bits per heavy atom. The summed E-state index contributed by atoms with van der Waals surface area (Å²) >= 11 is 0. The van der Waals surface area contributed by atoms with Crippen molar-refractivity contribution in [1.29, 1.82) is 0 Å². The molecule has 0 aliphatic rings. The highest BCUT2D eigenvalue weighted by Gasteiger charge is 2.01. The van der Waals surface area contributed by atoms with Crippen LogP contribution in [0.2, 0.25) is 0 Å². The fourth-order valence-electron chi connectivity index (χ4n) is 2.16. The van der Waals surface area contributed by atoms with Gasteiger partial charge in [0, 0.05) is 6.08 Å². The van der Waals surface area contributed by atoms with Crippen LogP contribution in [-0.4, -0.2) is 22.3 Å². The van der Waals surface area contributed by atoms with E-state index >= 15 is 0 Å². The summed E-state index contributed by atoms with van der Waals surface area (Å²) < 4.78 is 0. The van der Waals surface area contributed by atoms with Crippen molar-refractivity contribution in [3.63, 3.8) is 0 Å². The second-order valence-corrected chi connectivity index (χ2v) is 5.68. The highest BCUT2D eigenvalue weighted by molar-refractivity contribution is 5.80. The van der Waals surface area contributed by atoms with Crippen LogP contribution in [0.5, 0.6) is 0 Å². The van der Waals surface area contributed by atoms with Gasteiger partial charge in [-0.3, -0.25) is 0 Å². The predicted molar refractivity (Wildman–Crippen MR) is 97.4 cm³/mol. The van der Waals surface area contributed by atoms with Gasteiger partial charge in [0.05, 0.1) is 6.10 Å². The molecule has 0 saturated carbocycles. The summed E-state index contributed by atoms with van der Waals surface area (Å²) in [5.74, 6) is -0.946. The number of rotatable bonds is 14. The lowest BCUT2D eigenvalue weighted by Gasteiger charge is -2.08. The van der Waals surface area contributed by atoms with Gasteiger partial charge >= 0.3 is 5.97 Å². The molecule has 0 aliphatic heterocycles. The number of carbonyl (C=O) groups is 1. The number of hydrogen-bond donors (Lipinski definition) is 2. The zero-order valence-corrected chi connectivity index (χ0v) is 14.4. The van der Waals surface area contributed by atoms with Gasteiger partial charge in [0.15, 0.2) is 0 Å². The zero-order chi connectivity index (χ0) is 17.2. The lowest BCUT2D eigenvalue weighted by molar-refractivity contribution is -0.131. The summed E-state index contributed by atoms with van der Waals surface area (Å²) in [5.41, 5.74) is 0. The van der Waals surface area contributed by atoms with E-state index in [0.717, 1.165) is 31.8 Å². The molecule has 0 heterocycles. The molecule has 0 unspecified atom stereocenters. The number of carboxylic acid groups (broad SMARTS) is 1. The third-order valence-corrected chi connectivity index (χ3v) is 3.49. The monoisotopic (exact) mass is 320 g/mol. The fourth-order valence-corrected chi connectivity index (χ4v) is 2.16. The van der Waals surface area contributed by atoms with Crippen molar-refractivity contribution in [2.24, 2.45) is 0 Å². The first-order valence-corrected chi connectivity index (χ1v) is 8.74. The molecular weight excluding hydrogens is 288 g/mol. The molecule has 0 saturated heterocycles. The van der Waals surface area contributed by atoms with E-state index in [1.54, 1.807) is 12.2 Å². The Morgan fingerprint density at radius 2 is 1.48 bits per heavy atom. The molecule has 0 fully saturated rings. The average molecular weight is 320 g/mol. The van der Waals surface area contributed by atoms with E-state index in [1.807, 2.05) is 24.3 Å². The van der Waals surface area contributed by atoms with Gasteiger partial charge in [-0.1, -0.05) is 88.0 Å². The lowest BCUT2D eigenvalue weighted by atomic mass is 10.0. The van der Waals surface area contributed by atoms with Crippen LogP contribution in [0.15, 0.2) is 48.6 Å². The van der Waals surface area contributed by atoms with Gasteiger partial charge in [-0.15, -0.1) is 0 Å². The molecule has 0 aromatic heterocycles. The van der Waals surface area contributed by atoms with E-state index in [1.165, 1.54) is 38.2 Å². The summed E-state index contributed by atoms with van der Waals surface area (Å²) in [6, 6.07) is 0. The molecule has 23 heavy (non-hydrogen) atoms. The van der Waals surface area contributed by atoms with Crippen molar-refractivity contribution in [3.05, 3.63) is 48.6 Å². The maximum Gasteiger partial charge on any atom is 0.328 e. The van der Waals surface area contributed by atoms with Crippen LogP contribution in [0.25, 0.3) is 0 Å². The van der Waals surface area contributed by atoms with Crippen LogP contribution >= 0.6 is 0 Å². The summed E-state index contributed by atoms with van der Waals surface area (Å²) in [6.07, 6.45) is 23.7. The topological polar surface area (TPSA) is 57.5 Å². The standard InChI is InChI=1S/C20H32O3/c1-2-3-4-5-10-13-16-19(21)17-14-11-8-6-7-9-12-15-18-20(22)23/h6-9,11-12,15,18-19,21H,2-5,10,13-14,16-17H2,1H3,(H,22,23)/t19-/m0/s1. The number of allylic oxidation sites excluding steroid dienone is 7. The number of unbranched alkanes of at least 4 members (excludes halogenated alkanes) is 5. The molecule has 0 aromatic carbocycles. The molecule has 0 radical (unpaired) electrons. The van der Waals surface area contributed by atoms with E-state index in [9.17, 15) is 9.90 Å². The molecule has 0 aliphatic carbocycles. The highest BCUT2D eigenvalue weighted by atomic mass is 16.4. The molecule has 130 valence electrons. The van der Waals surface area contributed by atoms with Crippen molar-refractivity contribution in [2.75, 3.05) is 0 Å². The first-order chi connectivity index (χ1) is 11.2. The second-order valence-electron chi connectivity index (χ2n) is 5.68. The second kappa shape index (κ2) is 16.8. The van der Waals surface area contributed by atoms with Gasteiger partial charge in [0.1, 0.15) is 0 Å². The van der Waals surface area contributed by atoms with Crippen molar-refractivity contribution in [1.82, 2.24) is 0 Å². The number of aliphatic hydroxyl groups is 1. The van der Waals surface area contributed by atoms with Crippen LogP contribution in [-0.2, 0) is 4.79 Å². The third kappa shape index (κ3) is 18.3. The smallest absolute Gasteiger partial charge is 0.328 e. The van der Waals surface area contributed by atoms with Gasteiger partial charge in [0.2, 0.25) is 0 Å². The number of hydrogen-bond acceptors (Lipinski definition) is 2. The Balaban J connectivity index is 3.55. The number of carboxylic acids is 1. The normalized spacial score (nSPS) is 13.8. The summed E-state index contributed by atoms with van der Waals surface area (Å²) in [5, 5.41) is 18.3. The van der Waals surface area contributed by atoms with Crippen molar-refractivity contribution in [3.8, 4) is 0 Å². The average Bonchev–Trinajstić information content (AvgIpc) is 2.52. The Labute approximate surface area is 141 Å². The van der Waals surface area contributed by atoms with Crippen molar-refractivity contribution >= 4 is 5.97 Å². The molecule has 0 bridgehead atoms. The molecule has 0 rings (SSSR count). The summed E-state index contributed by atoms with van der Waals surface area (Å²) in [4.78, 5) is 10.2. The number of aliphatic carboxylic acids is 1. The Bertz CT molecular complexity index is 392. The summed E-state index contributed by atoms with van der Waals surface area (Å²) in [6.45, 7) is 2.22. The quantitative estimate of drug-likeness (QED) is 0.263. The lowest BCUT2D eigenvalue weighted by Crippen LogP contribution is -2.05. The Hall–Kier alpha value is -1.61. The Kier molecular flexibility index (Phi) is 15.6. The van der Waals surface area contributed by atoms with Crippen LogP contribution in [0.3, 0.4) is 0 Å². The van der Waals surface area contributed by atoms with Crippen molar-refractivity contribution < 1.29 is 15.0 Å². The van der Waals surface area contributed by atoms with Gasteiger partial charge < -0.3 is 10.2 Å². The molecule has 0 amide bonds. The third-order valence-electron chi connectivity index (χ3n) is 3.49. The Morgan fingerprint density at radius 3 is 2.17 bits per heavy atom. The van der Waals surface area contributed by atoms with Crippen LogP contribution in [0.4, 0.5) is 0 Å². The minimum atomic E-state index is -0.946. The highest BCUT2D eigenvalue weighted by Crippen LogP contribution is 2.11. The van der Waals surface area contributed by atoms with E-state index < -0.39 is 5.97 Å². The van der Waals surface area contributed by atoms with Gasteiger partial charge in [-0.05, 0) is 19.3 Å². The van der Waals surface area contributed by atoms with Crippen LogP contribution in [0, 0.1) is 0 Å². The van der Waals surface area contributed by atoms with E-state index in [2.05, 4.69) is 6.92 Å². The summed E-state index contributed by atoms with van der Waals surface area (Å²) in [7, 11) is 0. The molecule has 1 atom stereocenters. The minimum absolute atomic E-state index is 0.184. The van der Waals surface area contributed by atoms with Gasteiger partial charge in [-0.2, -0.15) is 0 Å². The van der Waals surface area contributed by atoms with Gasteiger partial charge in [0.25, 0.3) is 0 Å².